The van der Waals surface area contributed by atoms with Gasteiger partial charge < -0.3 is 9.84 Å². The van der Waals surface area contributed by atoms with Gasteiger partial charge in [0.05, 0.1) is 5.41 Å². The molecule has 0 spiro atoms. The molecule has 0 amide bonds. The number of aromatic hydroxyl groups is 1. The van der Waals surface area contributed by atoms with E-state index in [0.29, 0.717) is 6.42 Å². The van der Waals surface area contributed by atoms with Crippen LogP contribution >= 0.6 is 0 Å². The zero-order chi connectivity index (χ0) is 13.3. The smallest absolute Gasteiger partial charge is 0.311 e. The van der Waals surface area contributed by atoms with Crippen LogP contribution in [0, 0.1) is 5.41 Å². The van der Waals surface area contributed by atoms with Crippen LogP contribution in [-0.4, -0.2) is 17.2 Å². The molecule has 98 valence electrons. The summed E-state index contributed by atoms with van der Waals surface area (Å²) in [6, 6.07) is 5.34. The van der Waals surface area contributed by atoms with Gasteiger partial charge in [-0.3, -0.25) is 4.79 Å². The number of benzene rings is 1. The summed E-state index contributed by atoms with van der Waals surface area (Å²) >= 11 is 0. The molecule has 0 bridgehead atoms. The lowest BCUT2D eigenvalue weighted by atomic mass is 9.90. The third-order valence-electron chi connectivity index (χ3n) is 3.80. The lowest BCUT2D eigenvalue weighted by molar-refractivity contribution is -0.159. The van der Waals surface area contributed by atoms with Gasteiger partial charge in [0.2, 0.25) is 0 Å². The average Bonchev–Trinajstić information content (AvgIpc) is 2.70. The van der Waals surface area contributed by atoms with Crippen molar-refractivity contribution in [2.24, 2.45) is 5.41 Å². The maximum Gasteiger partial charge on any atom is 0.311 e. The highest BCUT2D eigenvalue weighted by molar-refractivity contribution is 5.76. The van der Waals surface area contributed by atoms with Gasteiger partial charge in [0, 0.05) is 12.8 Å². The number of phenols is 1. The van der Waals surface area contributed by atoms with Gasteiger partial charge in [0.25, 0.3) is 0 Å². The Bertz CT molecular complexity index is 463. The van der Waals surface area contributed by atoms with E-state index in [1.165, 1.54) is 5.56 Å². The first-order valence-electron chi connectivity index (χ1n) is 6.44. The standard InChI is InChI=1S/C15H20O3/c1-4-15(2,3)14(17)18-13-8-10-5-6-12(16)7-11(10)9-13/h5-7,13,16H,4,8-9H2,1-3H3. The monoisotopic (exact) mass is 248 g/mol. The third kappa shape index (κ3) is 2.50. The van der Waals surface area contributed by atoms with E-state index in [4.69, 9.17) is 4.74 Å². The summed E-state index contributed by atoms with van der Waals surface area (Å²) < 4.78 is 5.57. The van der Waals surface area contributed by atoms with Crippen LogP contribution < -0.4 is 0 Å². The minimum Gasteiger partial charge on any atom is -0.508 e. The number of rotatable bonds is 3. The minimum atomic E-state index is -0.420. The van der Waals surface area contributed by atoms with Crippen molar-refractivity contribution in [3.8, 4) is 5.75 Å². The Morgan fingerprint density at radius 1 is 1.39 bits per heavy atom. The molecule has 0 saturated carbocycles. The summed E-state index contributed by atoms with van der Waals surface area (Å²) in [5.74, 6) is 0.140. The molecular formula is C15H20O3. The fourth-order valence-corrected chi connectivity index (χ4v) is 2.10. The van der Waals surface area contributed by atoms with Gasteiger partial charge in [-0.25, -0.2) is 0 Å². The van der Waals surface area contributed by atoms with E-state index in [2.05, 4.69) is 0 Å². The molecule has 0 aliphatic heterocycles. The zero-order valence-electron chi connectivity index (χ0n) is 11.2. The molecule has 0 fully saturated rings. The van der Waals surface area contributed by atoms with Crippen LogP contribution in [0.1, 0.15) is 38.3 Å². The Kier molecular flexibility index (Phi) is 3.33. The van der Waals surface area contributed by atoms with Crippen LogP contribution in [0.3, 0.4) is 0 Å². The van der Waals surface area contributed by atoms with Crippen molar-refractivity contribution in [2.75, 3.05) is 0 Å². The molecule has 1 atom stereocenters. The maximum absolute atomic E-state index is 12.0. The second kappa shape index (κ2) is 4.63. The highest BCUT2D eigenvalue weighted by Crippen LogP contribution is 2.30. The number of phenolic OH excluding ortho intramolecular Hbond substituents is 1. The normalized spacial score (nSPS) is 18.5. The Morgan fingerprint density at radius 3 is 2.72 bits per heavy atom. The second-order valence-corrected chi connectivity index (χ2v) is 5.63. The van der Waals surface area contributed by atoms with Crippen molar-refractivity contribution in [3.05, 3.63) is 29.3 Å². The number of fused-ring (bicyclic) bond motifs is 1. The van der Waals surface area contributed by atoms with E-state index >= 15 is 0 Å². The molecule has 0 radical (unpaired) electrons. The van der Waals surface area contributed by atoms with E-state index < -0.39 is 5.41 Å². The van der Waals surface area contributed by atoms with E-state index in [1.54, 1.807) is 12.1 Å². The summed E-state index contributed by atoms with van der Waals surface area (Å²) in [4.78, 5) is 12.0. The summed E-state index contributed by atoms with van der Waals surface area (Å²) in [6.45, 7) is 5.80. The fraction of sp³-hybridized carbons (Fsp3) is 0.533. The van der Waals surface area contributed by atoms with Gasteiger partial charge in [-0.15, -0.1) is 0 Å². The largest absolute Gasteiger partial charge is 0.508 e. The number of hydrogen-bond donors (Lipinski definition) is 1. The van der Waals surface area contributed by atoms with Gasteiger partial charge in [0.1, 0.15) is 11.9 Å². The van der Waals surface area contributed by atoms with Crippen LogP contribution in [0.25, 0.3) is 0 Å². The van der Waals surface area contributed by atoms with Crippen molar-refractivity contribution in [3.63, 3.8) is 0 Å². The van der Waals surface area contributed by atoms with E-state index in [-0.39, 0.29) is 17.8 Å². The molecule has 1 N–H and O–H groups in total. The number of carbonyl (C=O) groups excluding carboxylic acids is 1. The van der Waals surface area contributed by atoms with Crippen LogP contribution in [0.4, 0.5) is 0 Å². The lowest BCUT2D eigenvalue weighted by Crippen LogP contribution is -2.30. The Hall–Kier alpha value is -1.51. The average molecular weight is 248 g/mol. The molecule has 1 aliphatic rings. The molecular weight excluding hydrogens is 228 g/mol. The zero-order valence-corrected chi connectivity index (χ0v) is 11.2. The molecule has 1 aromatic rings. The van der Waals surface area contributed by atoms with Gasteiger partial charge in [-0.1, -0.05) is 13.0 Å². The highest BCUT2D eigenvalue weighted by atomic mass is 16.5. The maximum atomic E-state index is 12.0. The number of ether oxygens (including phenoxy) is 1. The minimum absolute atomic E-state index is 0.0832. The number of carbonyl (C=O) groups is 1. The SMILES string of the molecule is CCC(C)(C)C(=O)OC1Cc2ccc(O)cc2C1. The van der Waals surface area contributed by atoms with Gasteiger partial charge in [-0.05, 0) is 43.5 Å². The Labute approximate surface area is 108 Å². The summed E-state index contributed by atoms with van der Waals surface area (Å²) in [6.07, 6.45) is 2.14. The highest BCUT2D eigenvalue weighted by Gasteiger charge is 2.32. The molecule has 1 unspecified atom stereocenters. The first-order valence-corrected chi connectivity index (χ1v) is 6.44. The number of hydrogen-bond acceptors (Lipinski definition) is 3. The lowest BCUT2D eigenvalue weighted by Gasteiger charge is -2.23. The van der Waals surface area contributed by atoms with Gasteiger partial charge >= 0.3 is 5.97 Å². The van der Waals surface area contributed by atoms with E-state index in [1.807, 2.05) is 26.8 Å². The summed E-state index contributed by atoms with van der Waals surface area (Å²) in [5.41, 5.74) is 1.83. The van der Waals surface area contributed by atoms with Crippen LogP contribution in [0.15, 0.2) is 18.2 Å². The van der Waals surface area contributed by atoms with Gasteiger partial charge in [-0.2, -0.15) is 0 Å². The third-order valence-corrected chi connectivity index (χ3v) is 3.80. The number of esters is 1. The predicted octanol–water partition coefficient (Wildman–Crippen LogP) is 2.84. The Balaban J connectivity index is 2.02. The first kappa shape index (κ1) is 12.9. The molecule has 2 rings (SSSR count). The fourth-order valence-electron chi connectivity index (χ4n) is 2.10. The molecule has 0 heterocycles. The first-order chi connectivity index (χ1) is 8.42. The summed E-state index contributed by atoms with van der Waals surface area (Å²) in [5, 5.41) is 9.42. The molecule has 3 nitrogen and oxygen atoms in total. The molecule has 0 saturated heterocycles. The summed E-state index contributed by atoms with van der Waals surface area (Å²) in [7, 11) is 0. The molecule has 1 aromatic carbocycles. The quantitative estimate of drug-likeness (QED) is 0.837. The van der Waals surface area contributed by atoms with Crippen LogP contribution in [0.2, 0.25) is 0 Å². The van der Waals surface area contributed by atoms with Crippen molar-refractivity contribution in [1.82, 2.24) is 0 Å². The van der Waals surface area contributed by atoms with Crippen molar-refractivity contribution >= 4 is 5.97 Å². The van der Waals surface area contributed by atoms with E-state index in [9.17, 15) is 9.90 Å². The van der Waals surface area contributed by atoms with Crippen molar-refractivity contribution in [2.45, 2.75) is 46.1 Å². The second-order valence-electron chi connectivity index (χ2n) is 5.63. The van der Waals surface area contributed by atoms with Gasteiger partial charge in [0.15, 0.2) is 0 Å². The van der Waals surface area contributed by atoms with Crippen molar-refractivity contribution < 1.29 is 14.6 Å². The predicted molar refractivity (Wildman–Crippen MR) is 69.5 cm³/mol. The molecule has 3 heteroatoms. The molecule has 1 aliphatic carbocycles. The topological polar surface area (TPSA) is 46.5 Å². The van der Waals surface area contributed by atoms with Crippen LogP contribution in [-0.2, 0) is 22.4 Å². The molecule has 0 aromatic heterocycles. The molecule has 18 heavy (non-hydrogen) atoms. The van der Waals surface area contributed by atoms with E-state index in [0.717, 1.165) is 18.4 Å². The Morgan fingerprint density at radius 2 is 2.06 bits per heavy atom. The van der Waals surface area contributed by atoms with Crippen LogP contribution in [0.5, 0.6) is 5.75 Å². The van der Waals surface area contributed by atoms with Crippen molar-refractivity contribution in [1.29, 1.82) is 0 Å².